The van der Waals surface area contributed by atoms with Crippen LogP contribution in [0.2, 0.25) is 0 Å². The van der Waals surface area contributed by atoms with E-state index in [4.69, 9.17) is 4.74 Å². The topological polar surface area (TPSA) is 103 Å². The Morgan fingerprint density at radius 3 is 2.81 bits per heavy atom. The largest absolute Gasteiger partial charge is 0.508 e. The lowest BCUT2D eigenvalue weighted by molar-refractivity contribution is -0.127. The highest BCUT2D eigenvalue weighted by molar-refractivity contribution is 5.79. The molecule has 1 aliphatic rings. The maximum atomic E-state index is 12.9. The molecule has 1 aromatic carbocycles. The van der Waals surface area contributed by atoms with Crippen LogP contribution >= 0.6 is 0 Å². The molecule has 3 heterocycles. The second kappa shape index (κ2) is 10.8. The number of nitrogens with zero attached hydrogens (tertiary/aromatic N) is 3. The number of piperidine rings is 1. The van der Waals surface area contributed by atoms with Gasteiger partial charge in [-0.25, -0.2) is 4.98 Å². The number of imidazole rings is 1. The summed E-state index contributed by atoms with van der Waals surface area (Å²) in [6, 6.07) is 11.0. The molecule has 1 saturated heterocycles. The number of ether oxygens (including phenoxy) is 1. The third-order valence-corrected chi connectivity index (χ3v) is 5.69. The first kappa shape index (κ1) is 21.8. The maximum absolute atomic E-state index is 12.9. The molecule has 1 fully saturated rings. The molecule has 1 aliphatic heterocycles. The van der Waals surface area contributed by atoms with E-state index in [-0.39, 0.29) is 23.5 Å². The number of hydrogen-bond acceptors (Lipinski definition) is 6. The predicted molar refractivity (Wildman–Crippen MR) is 120 cm³/mol. The highest BCUT2D eigenvalue weighted by Gasteiger charge is 2.32. The van der Waals surface area contributed by atoms with Gasteiger partial charge < -0.3 is 20.1 Å². The first-order chi connectivity index (χ1) is 15.7. The van der Waals surface area contributed by atoms with E-state index in [9.17, 15) is 9.90 Å². The van der Waals surface area contributed by atoms with Crippen LogP contribution in [0.3, 0.4) is 0 Å². The highest BCUT2D eigenvalue weighted by Crippen LogP contribution is 2.25. The number of benzene rings is 1. The third kappa shape index (κ3) is 6.31. The molecule has 4 rings (SSSR count). The Hall–Kier alpha value is -3.39. The summed E-state index contributed by atoms with van der Waals surface area (Å²) < 4.78 is 5.95. The Bertz CT molecular complexity index is 963. The molecule has 0 unspecified atom stereocenters. The molecule has 3 N–H and O–H groups in total. The molecule has 2 atom stereocenters. The zero-order valence-electron chi connectivity index (χ0n) is 18.0. The van der Waals surface area contributed by atoms with Crippen molar-refractivity contribution in [3.05, 3.63) is 72.6 Å². The number of aromatic amines is 1. The molecule has 168 valence electrons. The SMILES string of the molecule is O=C(NCCc1cnc[nH]1)[C@@H]1C[C@H](COc2cccnc2)CN(Cc2ccc(O)cc2)C1. The van der Waals surface area contributed by atoms with E-state index in [1.54, 1.807) is 37.1 Å². The molecule has 8 nitrogen and oxygen atoms in total. The second-order valence-corrected chi connectivity index (χ2v) is 8.28. The average molecular weight is 436 g/mol. The van der Waals surface area contributed by atoms with Crippen LogP contribution in [-0.2, 0) is 17.8 Å². The van der Waals surface area contributed by atoms with Crippen molar-refractivity contribution in [2.24, 2.45) is 11.8 Å². The molecule has 32 heavy (non-hydrogen) atoms. The summed E-state index contributed by atoms with van der Waals surface area (Å²) in [5, 5.41) is 12.6. The predicted octanol–water partition coefficient (Wildman–Crippen LogP) is 2.39. The Kier molecular flexibility index (Phi) is 7.34. The number of rotatable bonds is 9. The summed E-state index contributed by atoms with van der Waals surface area (Å²) in [6.07, 6.45) is 8.35. The van der Waals surface area contributed by atoms with Crippen molar-refractivity contribution in [2.45, 2.75) is 19.4 Å². The molecule has 0 saturated carbocycles. The van der Waals surface area contributed by atoms with E-state index in [0.717, 1.165) is 42.9 Å². The Labute approximate surface area is 187 Å². The van der Waals surface area contributed by atoms with Crippen molar-refractivity contribution < 1.29 is 14.6 Å². The molecule has 0 aliphatic carbocycles. The summed E-state index contributed by atoms with van der Waals surface area (Å²) >= 11 is 0. The second-order valence-electron chi connectivity index (χ2n) is 8.28. The van der Waals surface area contributed by atoms with Gasteiger partial charge in [0, 0.05) is 56.6 Å². The van der Waals surface area contributed by atoms with Gasteiger partial charge in [-0.05, 0) is 36.2 Å². The molecule has 0 radical (unpaired) electrons. The van der Waals surface area contributed by atoms with E-state index in [1.165, 1.54) is 0 Å². The number of phenols is 1. The van der Waals surface area contributed by atoms with Crippen LogP contribution in [0.25, 0.3) is 0 Å². The van der Waals surface area contributed by atoms with Gasteiger partial charge in [-0.3, -0.25) is 14.7 Å². The van der Waals surface area contributed by atoms with Gasteiger partial charge in [0.05, 0.1) is 25.0 Å². The third-order valence-electron chi connectivity index (χ3n) is 5.69. The maximum Gasteiger partial charge on any atom is 0.224 e. The van der Waals surface area contributed by atoms with Crippen LogP contribution in [0.4, 0.5) is 0 Å². The van der Waals surface area contributed by atoms with Gasteiger partial charge in [0.25, 0.3) is 0 Å². The standard InChI is InChI=1S/C24H29N5O3/c30-22-5-3-18(4-6-22)13-29-14-19(16-32-23-2-1-8-25-12-23)10-20(15-29)24(31)27-9-7-21-11-26-17-28-21/h1-6,8,11-12,17,19-20,30H,7,9-10,13-16H2,(H,26,28)(H,27,31)/t19-,20+/m0/s1. The summed E-state index contributed by atoms with van der Waals surface area (Å²) in [4.78, 5) is 26.4. The minimum Gasteiger partial charge on any atom is -0.508 e. The molecule has 2 aromatic heterocycles. The number of H-pyrrole nitrogens is 1. The molecular formula is C24H29N5O3. The number of carbonyl (C=O) groups excluding carboxylic acids is 1. The quantitative estimate of drug-likeness (QED) is 0.477. The molecule has 3 aromatic rings. The first-order valence-electron chi connectivity index (χ1n) is 10.9. The number of hydrogen-bond donors (Lipinski definition) is 3. The fourth-order valence-electron chi connectivity index (χ4n) is 4.13. The summed E-state index contributed by atoms with van der Waals surface area (Å²) in [7, 11) is 0. The average Bonchev–Trinajstić information content (AvgIpc) is 3.33. The summed E-state index contributed by atoms with van der Waals surface area (Å²) in [5.41, 5.74) is 2.11. The van der Waals surface area contributed by atoms with Gasteiger partial charge in [0.1, 0.15) is 11.5 Å². The highest BCUT2D eigenvalue weighted by atomic mass is 16.5. The van der Waals surface area contributed by atoms with Crippen LogP contribution in [0.15, 0.2) is 61.3 Å². The normalized spacial score (nSPS) is 18.9. The number of amides is 1. The van der Waals surface area contributed by atoms with Gasteiger partial charge in [-0.1, -0.05) is 12.1 Å². The van der Waals surface area contributed by atoms with Crippen molar-refractivity contribution in [3.63, 3.8) is 0 Å². The number of aromatic hydroxyl groups is 1. The van der Waals surface area contributed by atoms with Crippen molar-refractivity contribution >= 4 is 5.91 Å². The Balaban J connectivity index is 1.37. The van der Waals surface area contributed by atoms with Crippen LogP contribution in [0.1, 0.15) is 17.7 Å². The van der Waals surface area contributed by atoms with Gasteiger partial charge in [-0.15, -0.1) is 0 Å². The fourth-order valence-corrected chi connectivity index (χ4v) is 4.13. The zero-order valence-corrected chi connectivity index (χ0v) is 18.0. The monoisotopic (exact) mass is 435 g/mol. The molecular weight excluding hydrogens is 406 g/mol. The number of aromatic nitrogens is 3. The van der Waals surface area contributed by atoms with Crippen LogP contribution in [0, 0.1) is 11.8 Å². The van der Waals surface area contributed by atoms with Crippen LogP contribution in [-0.4, -0.2) is 57.1 Å². The minimum atomic E-state index is -0.106. The Morgan fingerprint density at radius 2 is 2.06 bits per heavy atom. The minimum absolute atomic E-state index is 0.0753. The molecule has 8 heteroatoms. The van der Waals surface area contributed by atoms with Gasteiger partial charge in [-0.2, -0.15) is 0 Å². The van der Waals surface area contributed by atoms with Gasteiger partial charge in [0.15, 0.2) is 0 Å². The first-order valence-corrected chi connectivity index (χ1v) is 10.9. The van der Waals surface area contributed by atoms with Crippen LogP contribution < -0.4 is 10.1 Å². The number of carbonyl (C=O) groups is 1. The van der Waals surface area contributed by atoms with E-state index in [1.807, 2.05) is 24.3 Å². The molecule has 1 amide bonds. The van der Waals surface area contributed by atoms with Crippen molar-refractivity contribution in [1.29, 1.82) is 0 Å². The summed E-state index contributed by atoms with van der Waals surface area (Å²) in [5.74, 6) is 1.19. The summed E-state index contributed by atoms with van der Waals surface area (Å²) in [6.45, 7) is 3.38. The van der Waals surface area contributed by atoms with E-state index in [2.05, 4.69) is 25.2 Å². The van der Waals surface area contributed by atoms with Gasteiger partial charge >= 0.3 is 0 Å². The Morgan fingerprint density at radius 1 is 1.19 bits per heavy atom. The van der Waals surface area contributed by atoms with Crippen molar-refractivity contribution in [3.8, 4) is 11.5 Å². The number of phenolic OH excluding ortho intramolecular Hbond substituents is 1. The van der Waals surface area contributed by atoms with E-state index < -0.39 is 0 Å². The number of nitrogens with one attached hydrogen (secondary N) is 2. The van der Waals surface area contributed by atoms with E-state index >= 15 is 0 Å². The number of pyridine rings is 1. The molecule has 0 spiro atoms. The molecule has 0 bridgehead atoms. The smallest absolute Gasteiger partial charge is 0.224 e. The lowest BCUT2D eigenvalue weighted by Gasteiger charge is -2.37. The van der Waals surface area contributed by atoms with Crippen molar-refractivity contribution in [2.75, 3.05) is 26.2 Å². The lowest BCUT2D eigenvalue weighted by Crippen LogP contribution is -2.47. The zero-order chi connectivity index (χ0) is 22.2. The fraction of sp³-hybridized carbons (Fsp3) is 0.375. The van der Waals surface area contributed by atoms with Crippen LogP contribution in [0.5, 0.6) is 11.5 Å². The lowest BCUT2D eigenvalue weighted by atomic mass is 9.88. The van der Waals surface area contributed by atoms with Crippen molar-refractivity contribution in [1.82, 2.24) is 25.2 Å². The number of likely N-dealkylation sites (tertiary alicyclic amines) is 1. The van der Waals surface area contributed by atoms with E-state index in [0.29, 0.717) is 19.7 Å². The van der Waals surface area contributed by atoms with Gasteiger partial charge in [0.2, 0.25) is 5.91 Å².